The number of nitrogens with two attached hydrogens (primary N) is 1. The molecule has 4 heteroatoms. The van der Waals surface area contributed by atoms with Crippen molar-refractivity contribution in [3.05, 3.63) is 24.0 Å². The van der Waals surface area contributed by atoms with Gasteiger partial charge in [0.25, 0.3) is 0 Å². The van der Waals surface area contributed by atoms with Crippen LogP contribution < -0.4 is 5.73 Å². The molecule has 56 valence electrons. The van der Waals surface area contributed by atoms with Crippen LogP contribution in [0.3, 0.4) is 0 Å². The Labute approximate surface area is 57.9 Å². The first-order valence-electron chi connectivity index (χ1n) is 2.82. The largest absolute Gasteiger partial charge is 0.509 e. The molecule has 10 heavy (non-hydrogen) atoms. The minimum atomic E-state index is -1.83. The first kappa shape index (κ1) is 7.27. The Morgan fingerprint density at radius 3 is 2.60 bits per heavy atom. The fraction of sp³-hybridized carbons (Fsp3) is 0.333. The third kappa shape index (κ3) is 1.04. The van der Waals surface area contributed by atoms with Gasteiger partial charge in [-0.1, -0.05) is 6.08 Å². The molecule has 1 aliphatic carbocycles. The Balaban J connectivity index is 2.89. The second-order valence-electron chi connectivity index (χ2n) is 2.24. The van der Waals surface area contributed by atoms with Crippen LogP contribution >= 0.6 is 0 Å². The molecule has 5 N–H and O–H groups in total. The third-order valence-electron chi connectivity index (χ3n) is 1.35. The zero-order chi connectivity index (χ0) is 7.78. The van der Waals surface area contributed by atoms with Crippen LogP contribution in [-0.4, -0.2) is 27.1 Å². The summed E-state index contributed by atoms with van der Waals surface area (Å²) in [5.74, 6) is -0.326. The maximum atomic E-state index is 9.05. The maximum Gasteiger partial charge on any atom is 0.166 e. The third-order valence-corrected chi connectivity index (χ3v) is 1.35. The highest BCUT2D eigenvalue weighted by Gasteiger charge is 2.32. The summed E-state index contributed by atoms with van der Waals surface area (Å²) < 4.78 is 0. The van der Waals surface area contributed by atoms with E-state index in [9.17, 15) is 0 Å². The first-order chi connectivity index (χ1) is 4.54. The van der Waals surface area contributed by atoms with Gasteiger partial charge in [-0.2, -0.15) is 0 Å². The average Bonchev–Trinajstić information content (AvgIpc) is 1.83. The first-order valence-corrected chi connectivity index (χ1v) is 2.82. The quantitative estimate of drug-likeness (QED) is 0.328. The molecule has 0 aliphatic heterocycles. The zero-order valence-electron chi connectivity index (χ0n) is 5.23. The van der Waals surface area contributed by atoms with Crippen molar-refractivity contribution >= 4 is 0 Å². The van der Waals surface area contributed by atoms with Crippen LogP contribution in [0.25, 0.3) is 0 Å². The molecule has 2 unspecified atom stereocenters. The molecule has 1 aliphatic rings. The minimum Gasteiger partial charge on any atom is -0.509 e. The van der Waals surface area contributed by atoms with E-state index in [2.05, 4.69) is 0 Å². The van der Waals surface area contributed by atoms with E-state index in [-0.39, 0.29) is 5.76 Å². The van der Waals surface area contributed by atoms with Gasteiger partial charge in [0.15, 0.2) is 11.8 Å². The monoisotopic (exact) mass is 143 g/mol. The van der Waals surface area contributed by atoms with Crippen LogP contribution in [0.5, 0.6) is 0 Å². The van der Waals surface area contributed by atoms with Gasteiger partial charge < -0.3 is 15.3 Å². The summed E-state index contributed by atoms with van der Waals surface area (Å²) in [6, 6.07) is 0. The van der Waals surface area contributed by atoms with Crippen molar-refractivity contribution in [3.8, 4) is 0 Å². The summed E-state index contributed by atoms with van der Waals surface area (Å²) >= 11 is 0. The predicted octanol–water partition coefficient (Wildman–Crippen LogP) is -0.994. The number of allylic oxidation sites excluding steroid dienone is 2. The van der Waals surface area contributed by atoms with Crippen LogP contribution in [0.15, 0.2) is 24.0 Å². The van der Waals surface area contributed by atoms with Crippen LogP contribution in [-0.2, 0) is 0 Å². The number of aliphatic hydroxyl groups excluding tert-OH is 2. The van der Waals surface area contributed by atoms with E-state index in [1.807, 2.05) is 0 Å². The van der Waals surface area contributed by atoms with Crippen LogP contribution in [0, 0.1) is 0 Å². The smallest absolute Gasteiger partial charge is 0.166 e. The molecule has 0 aromatic heterocycles. The number of rotatable bonds is 0. The summed E-state index contributed by atoms with van der Waals surface area (Å²) in [7, 11) is 0. The average molecular weight is 143 g/mol. The molecular formula is C6H9NO3. The minimum absolute atomic E-state index is 0.326. The van der Waals surface area contributed by atoms with Gasteiger partial charge in [-0.25, -0.2) is 0 Å². The van der Waals surface area contributed by atoms with Crippen LogP contribution in [0.4, 0.5) is 0 Å². The molecule has 0 aromatic carbocycles. The highest BCUT2D eigenvalue weighted by atomic mass is 16.4. The summed E-state index contributed by atoms with van der Waals surface area (Å²) in [5.41, 5.74) is 3.30. The second kappa shape index (κ2) is 2.09. The van der Waals surface area contributed by atoms with E-state index in [1.165, 1.54) is 18.2 Å². The standard InChI is InChI=1S/C6H9NO3/c7-6(10)3-1-2-4(8)5(6)9/h1-3,5,8-10H,7H2. The van der Waals surface area contributed by atoms with Gasteiger partial charge >= 0.3 is 0 Å². The van der Waals surface area contributed by atoms with Crippen LogP contribution in [0.2, 0.25) is 0 Å². The van der Waals surface area contributed by atoms with E-state index >= 15 is 0 Å². The van der Waals surface area contributed by atoms with Gasteiger partial charge in [0.05, 0.1) is 0 Å². The van der Waals surface area contributed by atoms with Crippen molar-refractivity contribution in [1.29, 1.82) is 0 Å². The normalized spacial score (nSPS) is 39.5. The molecule has 0 amide bonds. The Hall–Kier alpha value is -0.840. The van der Waals surface area contributed by atoms with E-state index < -0.39 is 11.8 Å². The van der Waals surface area contributed by atoms with Gasteiger partial charge in [0.2, 0.25) is 0 Å². The fourth-order valence-corrected chi connectivity index (χ4v) is 0.720. The number of hydrogen-bond acceptors (Lipinski definition) is 4. The Bertz CT molecular complexity index is 195. The van der Waals surface area contributed by atoms with Crippen molar-refractivity contribution in [2.24, 2.45) is 5.73 Å². The van der Waals surface area contributed by atoms with E-state index in [1.54, 1.807) is 0 Å². The molecule has 0 saturated heterocycles. The van der Waals surface area contributed by atoms with Crippen LogP contribution in [0.1, 0.15) is 0 Å². The molecule has 1 rings (SSSR count). The Morgan fingerprint density at radius 1 is 1.60 bits per heavy atom. The summed E-state index contributed by atoms with van der Waals surface area (Å²) in [6.45, 7) is 0. The zero-order valence-corrected chi connectivity index (χ0v) is 5.23. The molecule has 0 bridgehead atoms. The number of aliphatic hydroxyl groups is 3. The highest BCUT2D eigenvalue weighted by Crippen LogP contribution is 2.16. The second-order valence-corrected chi connectivity index (χ2v) is 2.24. The van der Waals surface area contributed by atoms with Gasteiger partial charge in [0, 0.05) is 0 Å². The Morgan fingerprint density at radius 2 is 2.20 bits per heavy atom. The number of hydrogen-bond donors (Lipinski definition) is 4. The highest BCUT2D eigenvalue weighted by molar-refractivity contribution is 5.24. The SMILES string of the molecule is NC1(O)C=CC=C(O)C1O. The van der Waals surface area contributed by atoms with Gasteiger partial charge in [-0.15, -0.1) is 0 Å². The van der Waals surface area contributed by atoms with E-state index in [0.29, 0.717) is 0 Å². The maximum absolute atomic E-state index is 9.05. The lowest BCUT2D eigenvalue weighted by atomic mass is 10.0. The lowest BCUT2D eigenvalue weighted by molar-refractivity contribution is -0.0352. The van der Waals surface area contributed by atoms with Gasteiger partial charge in [0.1, 0.15) is 5.76 Å². The van der Waals surface area contributed by atoms with Crippen molar-refractivity contribution in [2.45, 2.75) is 11.8 Å². The summed E-state index contributed by atoms with van der Waals surface area (Å²) in [5, 5.41) is 26.8. The summed E-state index contributed by atoms with van der Waals surface area (Å²) in [4.78, 5) is 0. The van der Waals surface area contributed by atoms with Crippen molar-refractivity contribution in [2.75, 3.05) is 0 Å². The summed E-state index contributed by atoms with van der Waals surface area (Å²) in [6.07, 6.45) is 2.43. The van der Waals surface area contributed by atoms with Crippen molar-refractivity contribution in [1.82, 2.24) is 0 Å². The molecule has 0 spiro atoms. The molecule has 0 saturated carbocycles. The Kier molecular flexibility index (Phi) is 1.52. The topological polar surface area (TPSA) is 86.7 Å². The van der Waals surface area contributed by atoms with Crippen molar-refractivity contribution in [3.63, 3.8) is 0 Å². The van der Waals surface area contributed by atoms with E-state index in [0.717, 1.165) is 0 Å². The van der Waals surface area contributed by atoms with E-state index in [4.69, 9.17) is 21.1 Å². The van der Waals surface area contributed by atoms with Crippen molar-refractivity contribution < 1.29 is 15.3 Å². The molecule has 0 fully saturated rings. The lowest BCUT2D eigenvalue weighted by Gasteiger charge is -2.26. The predicted molar refractivity (Wildman–Crippen MR) is 35.0 cm³/mol. The fourth-order valence-electron chi connectivity index (χ4n) is 0.720. The molecule has 4 nitrogen and oxygen atoms in total. The molecule has 0 heterocycles. The molecule has 0 aromatic rings. The molecule has 2 atom stereocenters. The molecule has 0 radical (unpaired) electrons. The van der Waals surface area contributed by atoms with Gasteiger partial charge in [-0.3, -0.25) is 5.73 Å². The lowest BCUT2D eigenvalue weighted by Crippen LogP contribution is -2.50. The molecular weight excluding hydrogens is 134 g/mol. The van der Waals surface area contributed by atoms with Gasteiger partial charge in [-0.05, 0) is 12.2 Å².